The first kappa shape index (κ1) is 12.5. The molecule has 0 amide bonds. The topological polar surface area (TPSA) is 53.4 Å². The minimum absolute atomic E-state index is 0.305. The van der Waals surface area contributed by atoms with Gasteiger partial charge in [-0.15, -0.1) is 11.3 Å². The van der Waals surface area contributed by atoms with Crippen molar-refractivity contribution in [3.8, 4) is 0 Å². The molecule has 1 saturated heterocycles. The summed E-state index contributed by atoms with van der Waals surface area (Å²) in [6.07, 6.45) is 5.40. The summed E-state index contributed by atoms with van der Waals surface area (Å²) >= 11 is 1.69. The average Bonchev–Trinajstić information content (AvgIpc) is 2.80. The summed E-state index contributed by atoms with van der Waals surface area (Å²) in [7, 11) is 0. The first-order valence-electron chi connectivity index (χ1n) is 6.05. The van der Waals surface area contributed by atoms with E-state index in [1.165, 1.54) is 17.7 Å². The monoisotopic (exact) mass is 254 g/mol. The highest BCUT2D eigenvalue weighted by Gasteiger charge is 2.20. The maximum absolute atomic E-state index is 10.6. The number of aliphatic carboxylic acids is 1. The van der Waals surface area contributed by atoms with Crippen LogP contribution in [0.1, 0.15) is 30.6 Å². The Bertz CT molecular complexity index is 353. The number of nitrogens with zero attached hydrogens (tertiary/aromatic N) is 2. The second kappa shape index (κ2) is 6.12. The Morgan fingerprint density at radius 3 is 3.24 bits per heavy atom. The maximum Gasteiger partial charge on any atom is 0.303 e. The normalized spacial score (nSPS) is 21.5. The molecule has 1 aliphatic heterocycles. The van der Waals surface area contributed by atoms with Crippen LogP contribution in [0.5, 0.6) is 0 Å². The molecule has 17 heavy (non-hydrogen) atoms. The van der Waals surface area contributed by atoms with Crippen molar-refractivity contribution >= 4 is 17.3 Å². The molecule has 4 nitrogen and oxygen atoms in total. The fourth-order valence-corrected chi connectivity index (χ4v) is 3.03. The Hall–Kier alpha value is -0.940. The van der Waals surface area contributed by atoms with E-state index < -0.39 is 5.97 Å². The van der Waals surface area contributed by atoms with Crippen LogP contribution >= 0.6 is 11.3 Å². The summed E-state index contributed by atoms with van der Waals surface area (Å²) in [4.78, 5) is 18.4. The second-order valence-corrected chi connectivity index (χ2v) is 5.61. The van der Waals surface area contributed by atoms with Crippen LogP contribution in [0.4, 0.5) is 0 Å². The second-order valence-electron chi connectivity index (χ2n) is 4.64. The number of piperidine rings is 1. The molecule has 1 unspecified atom stereocenters. The molecule has 0 spiro atoms. The summed E-state index contributed by atoms with van der Waals surface area (Å²) in [5, 5.41) is 8.70. The zero-order chi connectivity index (χ0) is 12.1. The fourth-order valence-electron chi connectivity index (χ4n) is 2.40. The zero-order valence-electron chi connectivity index (χ0n) is 9.84. The molecule has 0 bridgehead atoms. The number of rotatable bonds is 5. The first-order valence-corrected chi connectivity index (χ1v) is 6.93. The zero-order valence-corrected chi connectivity index (χ0v) is 10.7. The van der Waals surface area contributed by atoms with Gasteiger partial charge in [-0.3, -0.25) is 14.7 Å². The quantitative estimate of drug-likeness (QED) is 0.875. The van der Waals surface area contributed by atoms with Crippen LogP contribution < -0.4 is 0 Å². The van der Waals surface area contributed by atoms with Gasteiger partial charge in [0, 0.05) is 30.6 Å². The van der Waals surface area contributed by atoms with Gasteiger partial charge in [0.1, 0.15) is 0 Å². The molecule has 5 heteroatoms. The Kier molecular flexibility index (Phi) is 4.50. The molecule has 2 rings (SSSR count). The largest absolute Gasteiger partial charge is 0.481 e. The molecule has 94 valence electrons. The summed E-state index contributed by atoms with van der Waals surface area (Å²) in [5.74, 6) is -0.127. The van der Waals surface area contributed by atoms with E-state index >= 15 is 0 Å². The van der Waals surface area contributed by atoms with Crippen LogP contribution in [0.3, 0.4) is 0 Å². The van der Waals surface area contributed by atoms with E-state index in [0.717, 1.165) is 26.1 Å². The minimum atomic E-state index is -0.676. The lowest BCUT2D eigenvalue weighted by atomic mass is 9.93. The summed E-state index contributed by atoms with van der Waals surface area (Å²) in [6.45, 7) is 3.13. The van der Waals surface area contributed by atoms with Gasteiger partial charge in [0.05, 0.1) is 5.51 Å². The number of carbonyl (C=O) groups is 1. The third kappa shape index (κ3) is 4.09. The molecule has 1 fully saturated rings. The number of hydrogen-bond donors (Lipinski definition) is 1. The first-order chi connectivity index (χ1) is 8.24. The molecular weight excluding hydrogens is 236 g/mol. The third-order valence-corrected chi connectivity index (χ3v) is 4.00. The van der Waals surface area contributed by atoms with Crippen molar-refractivity contribution in [1.82, 2.24) is 9.88 Å². The summed E-state index contributed by atoms with van der Waals surface area (Å²) < 4.78 is 0. The third-order valence-electron chi connectivity index (χ3n) is 3.23. The molecule has 0 saturated carbocycles. The van der Waals surface area contributed by atoms with E-state index in [1.807, 2.05) is 11.7 Å². The number of carboxylic acids is 1. The smallest absolute Gasteiger partial charge is 0.303 e. The lowest BCUT2D eigenvalue weighted by Crippen LogP contribution is -2.34. The predicted octanol–water partition coefficient (Wildman–Crippen LogP) is 2.22. The van der Waals surface area contributed by atoms with Gasteiger partial charge in [-0.2, -0.15) is 0 Å². The van der Waals surface area contributed by atoms with Gasteiger partial charge in [0.2, 0.25) is 0 Å². The van der Waals surface area contributed by atoms with Crippen molar-refractivity contribution in [3.63, 3.8) is 0 Å². The highest BCUT2D eigenvalue weighted by molar-refractivity contribution is 7.09. The number of thiazole rings is 1. The van der Waals surface area contributed by atoms with Gasteiger partial charge >= 0.3 is 5.97 Å². The Morgan fingerprint density at radius 2 is 2.53 bits per heavy atom. The van der Waals surface area contributed by atoms with Crippen LogP contribution in [0, 0.1) is 5.92 Å². The van der Waals surface area contributed by atoms with E-state index in [4.69, 9.17) is 5.11 Å². The van der Waals surface area contributed by atoms with Crippen molar-refractivity contribution in [2.75, 3.05) is 13.1 Å². The van der Waals surface area contributed by atoms with Gasteiger partial charge in [-0.05, 0) is 31.7 Å². The molecule has 1 aromatic rings. The molecule has 1 atom stereocenters. The molecule has 1 N–H and O–H groups in total. The molecule has 2 heterocycles. The van der Waals surface area contributed by atoms with Crippen molar-refractivity contribution < 1.29 is 9.90 Å². The molecular formula is C12H18N2O2S. The summed E-state index contributed by atoms with van der Waals surface area (Å²) in [5.41, 5.74) is 1.86. The lowest BCUT2D eigenvalue weighted by molar-refractivity contribution is -0.137. The molecule has 0 aliphatic carbocycles. The molecule has 1 aliphatic rings. The lowest BCUT2D eigenvalue weighted by Gasteiger charge is -2.32. The van der Waals surface area contributed by atoms with Crippen LogP contribution in [-0.4, -0.2) is 34.0 Å². The van der Waals surface area contributed by atoms with Gasteiger partial charge < -0.3 is 5.11 Å². The van der Waals surface area contributed by atoms with Crippen molar-refractivity contribution in [2.24, 2.45) is 5.92 Å². The van der Waals surface area contributed by atoms with Crippen molar-refractivity contribution in [2.45, 2.75) is 32.2 Å². The van der Waals surface area contributed by atoms with E-state index in [1.54, 1.807) is 11.3 Å². The van der Waals surface area contributed by atoms with Crippen LogP contribution in [0.15, 0.2) is 11.7 Å². The highest BCUT2D eigenvalue weighted by Crippen LogP contribution is 2.23. The predicted molar refractivity (Wildman–Crippen MR) is 67.0 cm³/mol. The van der Waals surface area contributed by atoms with Crippen molar-refractivity contribution in [1.29, 1.82) is 0 Å². The Labute approximate surface area is 105 Å². The van der Waals surface area contributed by atoms with Gasteiger partial charge in [0.25, 0.3) is 0 Å². The average molecular weight is 254 g/mol. The van der Waals surface area contributed by atoms with Gasteiger partial charge in [0.15, 0.2) is 0 Å². The number of carboxylic acid groups (broad SMARTS) is 1. The maximum atomic E-state index is 10.6. The number of aromatic nitrogens is 1. The molecule has 0 radical (unpaired) electrons. The van der Waals surface area contributed by atoms with Crippen LogP contribution in [-0.2, 0) is 11.3 Å². The van der Waals surface area contributed by atoms with Crippen LogP contribution in [0.2, 0.25) is 0 Å². The molecule has 1 aromatic heterocycles. The minimum Gasteiger partial charge on any atom is -0.481 e. The van der Waals surface area contributed by atoms with Gasteiger partial charge in [-0.25, -0.2) is 0 Å². The Balaban J connectivity index is 1.78. The van der Waals surface area contributed by atoms with E-state index in [0.29, 0.717) is 12.3 Å². The van der Waals surface area contributed by atoms with Crippen molar-refractivity contribution in [3.05, 3.63) is 16.6 Å². The molecule has 0 aromatic carbocycles. The van der Waals surface area contributed by atoms with E-state index in [-0.39, 0.29) is 0 Å². The van der Waals surface area contributed by atoms with Gasteiger partial charge in [-0.1, -0.05) is 0 Å². The summed E-state index contributed by atoms with van der Waals surface area (Å²) in [6, 6.07) is 0. The highest BCUT2D eigenvalue weighted by atomic mass is 32.1. The Morgan fingerprint density at radius 1 is 1.65 bits per heavy atom. The number of hydrogen-bond acceptors (Lipinski definition) is 4. The van der Waals surface area contributed by atoms with E-state index in [9.17, 15) is 4.79 Å². The van der Waals surface area contributed by atoms with Crippen LogP contribution in [0.25, 0.3) is 0 Å². The van der Waals surface area contributed by atoms with E-state index in [2.05, 4.69) is 9.88 Å². The SMILES string of the molecule is O=C(O)CCC1CCCN(Cc2cncs2)C1. The number of likely N-dealkylation sites (tertiary alicyclic amines) is 1. The fraction of sp³-hybridized carbons (Fsp3) is 0.667. The standard InChI is InChI=1S/C12H18N2O2S/c15-12(16)4-3-10-2-1-5-14(7-10)8-11-6-13-9-17-11/h6,9-10H,1-5,7-8H2,(H,15,16).